The van der Waals surface area contributed by atoms with Crippen molar-refractivity contribution in [3.63, 3.8) is 0 Å². The molecule has 0 radical (unpaired) electrons. The van der Waals surface area contributed by atoms with Gasteiger partial charge in [-0.15, -0.1) is 0 Å². The standard InChI is InChI=1S/C33H36N4O5/c1-19(38)26-17-37-13-12-24-25-14-20(21-5-11-30-31(15-21)42-18-41-30)4-10-27(25)35-32(24)29(37)16-28(26)36(2)33(39)34-22-6-8-23(40-3)9-7-22/h4-11,14-15,19,26,28-29,35,38H,12-13,16-18H2,1-3H3,(H,34,39)/t19-,26-,28-,29-/m0/s1. The van der Waals surface area contributed by atoms with Gasteiger partial charge in [-0.05, 0) is 85.0 Å². The molecule has 3 aliphatic heterocycles. The largest absolute Gasteiger partial charge is 0.497 e. The molecule has 4 aromatic rings. The number of carbonyl (C=O) groups excluding carboxylic acids is 1. The Bertz CT molecular complexity index is 1630. The van der Waals surface area contributed by atoms with Gasteiger partial charge in [0.2, 0.25) is 6.79 Å². The van der Waals surface area contributed by atoms with Crippen LogP contribution in [0, 0.1) is 5.92 Å². The number of aromatic amines is 1. The molecular formula is C33H36N4O5. The number of carbonyl (C=O) groups is 1. The van der Waals surface area contributed by atoms with Crippen molar-refractivity contribution < 1.29 is 24.1 Å². The van der Waals surface area contributed by atoms with Crippen LogP contribution in [0.2, 0.25) is 0 Å². The van der Waals surface area contributed by atoms with Crippen molar-refractivity contribution in [1.29, 1.82) is 0 Å². The summed E-state index contributed by atoms with van der Waals surface area (Å²) in [6.45, 7) is 3.74. The van der Waals surface area contributed by atoms with Crippen molar-refractivity contribution >= 4 is 22.6 Å². The maximum Gasteiger partial charge on any atom is 0.321 e. The van der Waals surface area contributed by atoms with E-state index in [-0.39, 0.29) is 30.8 Å². The molecule has 7 rings (SSSR count). The molecule has 0 spiro atoms. The van der Waals surface area contributed by atoms with Crippen LogP contribution in [0.5, 0.6) is 17.2 Å². The number of aromatic nitrogens is 1. The van der Waals surface area contributed by atoms with Crippen molar-refractivity contribution in [2.45, 2.75) is 38.0 Å². The lowest BCUT2D eigenvalue weighted by molar-refractivity contribution is -0.0177. The highest BCUT2D eigenvalue weighted by atomic mass is 16.7. The minimum atomic E-state index is -0.541. The Kier molecular flexibility index (Phi) is 6.71. The van der Waals surface area contributed by atoms with Gasteiger partial charge >= 0.3 is 6.03 Å². The molecular weight excluding hydrogens is 532 g/mol. The summed E-state index contributed by atoms with van der Waals surface area (Å²) in [5.74, 6) is 2.23. The number of fused-ring (bicyclic) bond motifs is 6. The molecule has 1 aromatic heterocycles. The molecule has 1 saturated heterocycles. The number of nitrogens with zero attached hydrogens (tertiary/aromatic N) is 2. The molecule has 3 aromatic carbocycles. The molecule has 9 nitrogen and oxygen atoms in total. The number of amides is 2. The van der Waals surface area contributed by atoms with E-state index in [4.69, 9.17) is 14.2 Å². The summed E-state index contributed by atoms with van der Waals surface area (Å²) in [6, 6.07) is 19.8. The topological polar surface area (TPSA) is 99.3 Å². The van der Waals surface area contributed by atoms with E-state index < -0.39 is 6.10 Å². The molecule has 9 heteroatoms. The molecule has 42 heavy (non-hydrogen) atoms. The minimum Gasteiger partial charge on any atom is -0.497 e. The van der Waals surface area contributed by atoms with Gasteiger partial charge < -0.3 is 34.5 Å². The van der Waals surface area contributed by atoms with Gasteiger partial charge in [-0.2, -0.15) is 0 Å². The van der Waals surface area contributed by atoms with Crippen molar-refractivity contribution in [2.24, 2.45) is 5.92 Å². The molecule has 1 fully saturated rings. The van der Waals surface area contributed by atoms with E-state index in [1.165, 1.54) is 16.6 Å². The smallest absolute Gasteiger partial charge is 0.321 e. The number of methoxy groups -OCH3 is 1. The van der Waals surface area contributed by atoms with E-state index >= 15 is 0 Å². The van der Waals surface area contributed by atoms with E-state index in [1.54, 1.807) is 12.0 Å². The summed E-state index contributed by atoms with van der Waals surface area (Å²) >= 11 is 0. The average Bonchev–Trinajstić information content (AvgIpc) is 3.64. The van der Waals surface area contributed by atoms with Crippen molar-refractivity contribution in [2.75, 3.05) is 39.4 Å². The van der Waals surface area contributed by atoms with Crippen LogP contribution in [-0.2, 0) is 6.42 Å². The number of urea groups is 1. The lowest BCUT2D eigenvalue weighted by Gasteiger charge is -2.49. The summed E-state index contributed by atoms with van der Waals surface area (Å²) < 4.78 is 16.3. The maximum absolute atomic E-state index is 13.4. The third-order valence-corrected chi connectivity index (χ3v) is 9.25. The van der Waals surface area contributed by atoms with Gasteiger partial charge in [0.05, 0.1) is 19.3 Å². The van der Waals surface area contributed by atoms with Gasteiger partial charge in [-0.3, -0.25) is 4.90 Å². The number of H-pyrrole nitrogens is 1. The number of hydrogen-bond acceptors (Lipinski definition) is 6. The molecule has 0 bridgehead atoms. The lowest BCUT2D eigenvalue weighted by atomic mass is 9.80. The monoisotopic (exact) mass is 568 g/mol. The van der Waals surface area contributed by atoms with Crippen LogP contribution in [-0.4, -0.2) is 72.1 Å². The normalized spacial score (nSPS) is 21.9. The molecule has 4 heterocycles. The van der Waals surface area contributed by atoms with Gasteiger partial charge in [0.25, 0.3) is 0 Å². The Hall–Kier alpha value is -4.21. The number of rotatable bonds is 5. The Balaban J connectivity index is 1.16. The Morgan fingerprint density at radius 1 is 1.10 bits per heavy atom. The van der Waals surface area contributed by atoms with E-state index in [2.05, 4.69) is 39.5 Å². The Morgan fingerprint density at radius 2 is 1.86 bits per heavy atom. The fourth-order valence-corrected chi connectivity index (χ4v) is 6.91. The maximum atomic E-state index is 13.4. The summed E-state index contributed by atoms with van der Waals surface area (Å²) in [5.41, 5.74) is 6.61. The third kappa shape index (κ3) is 4.62. The number of anilines is 1. The molecule has 2 amide bonds. The van der Waals surface area contributed by atoms with E-state index in [0.29, 0.717) is 5.69 Å². The lowest BCUT2D eigenvalue weighted by Crippen LogP contribution is -2.57. The van der Waals surface area contributed by atoms with Crippen LogP contribution in [0.3, 0.4) is 0 Å². The molecule has 0 saturated carbocycles. The van der Waals surface area contributed by atoms with Gasteiger partial charge in [0.15, 0.2) is 11.5 Å². The zero-order chi connectivity index (χ0) is 29.0. The highest BCUT2D eigenvalue weighted by Gasteiger charge is 2.44. The number of benzene rings is 3. The first kappa shape index (κ1) is 26.7. The number of nitrogens with one attached hydrogen (secondary N) is 2. The first-order valence-electron chi connectivity index (χ1n) is 14.5. The Morgan fingerprint density at radius 3 is 2.64 bits per heavy atom. The fourth-order valence-electron chi connectivity index (χ4n) is 6.91. The molecule has 4 atom stereocenters. The number of aliphatic hydroxyl groups excluding tert-OH is 1. The van der Waals surface area contributed by atoms with Gasteiger partial charge in [0.1, 0.15) is 5.75 Å². The summed E-state index contributed by atoms with van der Waals surface area (Å²) in [6.07, 6.45) is 1.12. The fraction of sp³-hybridized carbons (Fsp3) is 0.364. The summed E-state index contributed by atoms with van der Waals surface area (Å²) in [7, 11) is 3.45. The molecule has 0 unspecified atom stereocenters. The van der Waals surface area contributed by atoms with Crippen molar-refractivity contribution in [1.82, 2.24) is 14.8 Å². The van der Waals surface area contributed by atoms with E-state index in [0.717, 1.165) is 59.8 Å². The van der Waals surface area contributed by atoms with Crippen LogP contribution >= 0.6 is 0 Å². The van der Waals surface area contributed by atoms with Crippen molar-refractivity contribution in [3.8, 4) is 28.4 Å². The highest BCUT2D eigenvalue weighted by molar-refractivity contribution is 5.90. The van der Waals surface area contributed by atoms with Crippen molar-refractivity contribution in [3.05, 3.63) is 71.9 Å². The second-order valence-electron chi connectivity index (χ2n) is 11.6. The first-order chi connectivity index (χ1) is 20.4. The van der Waals surface area contributed by atoms with Gasteiger partial charge in [0, 0.05) is 54.4 Å². The predicted octanol–water partition coefficient (Wildman–Crippen LogP) is 5.40. The second-order valence-corrected chi connectivity index (χ2v) is 11.6. The summed E-state index contributed by atoms with van der Waals surface area (Å²) in [4.78, 5) is 21.4. The van der Waals surface area contributed by atoms with Crippen LogP contribution in [0.1, 0.15) is 30.6 Å². The molecule has 3 N–H and O–H groups in total. The van der Waals surface area contributed by atoms with Crippen LogP contribution < -0.4 is 19.5 Å². The molecule has 0 aliphatic carbocycles. The SMILES string of the molecule is COc1ccc(NC(=O)N(C)[C@H]2C[C@H]3c4[nH]c5ccc(-c6ccc7c(c6)OCO7)cc5c4CCN3C[C@H]2[C@H](C)O)cc1. The van der Waals surface area contributed by atoms with Gasteiger partial charge in [-0.1, -0.05) is 12.1 Å². The first-order valence-corrected chi connectivity index (χ1v) is 14.5. The third-order valence-electron chi connectivity index (χ3n) is 9.25. The Labute approximate surface area is 245 Å². The number of ether oxygens (including phenoxy) is 3. The van der Waals surface area contributed by atoms with Crippen LogP contribution in [0.15, 0.2) is 60.7 Å². The zero-order valence-electron chi connectivity index (χ0n) is 24.1. The number of aliphatic hydroxyl groups is 1. The molecule has 218 valence electrons. The molecule has 3 aliphatic rings. The predicted molar refractivity (Wildman–Crippen MR) is 161 cm³/mol. The average molecular weight is 569 g/mol. The van der Waals surface area contributed by atoms with Crippen LogP contribution in [0.4, 0.5) is 10.5 Å². The summed E-state index contributed by atoms with van der Waals surface area (Å²) in [5, 5.41) is 15.0. The highest BCUT2D eigenvalue weighted by Crippen LogP contribution is 2.44. The van der Waals surface area contributed by atoms with Gasteiger partial charge in [-0.25, -0.2) is 4.79 Å². The number of piperidine rings is 1. The van der Waals surface area contributed by atoms with E-state index in [9.17, 15) is 9.90 Å². The van der Waals surface area contributed by atoms with E-state index in [1.807, 2.05) is 50.4 Å². The van der Waals surface area contributed by atoms with Crippen LogP contribution in [0.25, 0.3) is 22.0 Å². The quantitative estimate of drug-likeness (QED) is 0.298. The minimum absolute atomic E-state index is 0.0589. The second kappa shape index (κ2) is 10.6. The number of hydrogen-bond donors (Lipinski definition) is 3. The zero-order valence-corrected chi connectivity index (χ0v) is 24.1.